The van der Waals surface area contributed by atoms with Gasteiger partial charge in [-0.05, 0) is 51.1 Å². The van der Waals surface area contributed by atoms with Crippen molar-refractivity contribution in [3.05, 3.63) is 29.6 Å². The summed E-state index contributed by atoms with van der Waals surface area (Å²) in [5.41, 5.74) is 1.09. The fraction of sp³-hybridized carbons (Fsp3) is 0.533. The van der Waals surface area contributed by atoms with Crippen molar-refractivity contribution in [3.63, 3.8) is 0 Å². The topological polar surface area (TPSA) is 44.4 Å². The largest absolute Gasteiger partial charge is 0.325 e. The molecule has 1 amide bonds. The Labute approximate surface area is 119 Å². The van der Waals surface area contributed by atoms with Gasteiger partial charge in [0.2, 0.25) is 5.91 Å². The maximum absolute atomic E-state index is 13.4. The van der Waals surface area contributed by atoms with Gasteiger partial charge in [0.05, 0.1) is 6.54 Å². The molecule has 1 atom stereocenters. The number of carbonyl (C=O) groups is 1. The number of likely N-dealkylation sites (N-methyl/N-ethyl adjacent to an activating group) is 1. The Bertz CT molecular complexity index is 478. The summed E-state index contributed by atoms with van der Waals surface area (Å²) in [4.78, 5) is 14.1. The Balaban J connectivity index is 1.87. The first-order chi connectivity index (χ1) is 9.58. The van der Waals surface area contributed by atoms with Gasteiger partial charge in [0.1, 0.15) is 5.82 Å². The van der Waals surface area contributed by atoms with E-state index in [0.717, 1.165) is 25.9 Å². The molecular formula is C15H22FN3O. The second-order valence-electron chi connectivity index (χ2n) is 5.38. The van der Waals surface area contributed by atoms with E-state index >= 15 is 0 Å². The molecule has 2 rings (SSSR count). The third-order valence-corrected chi connectivity index (χ3v) is 3.74. The molecule has 5 heteroatoms. The normalized spacial score (nSPS) is 19.9. The standard InChI is InChI=1S/C15H22FN3O/c1-11-5-6-12(8-14(11)16)18-15(20)10-19-7-3-4-13(9-19)17-2/h5-6,8,13,17H,3-4,7,9-10H2,1-2H3,(H,18,20). The van der Waals surface area contributed by atoms with E-state index in [4.69, 9.17) is 0 Å². The molecule has 0 spiro atoms. The zero-order valence-corrected chi connectivity index (χ0v) is 12.1. The van der Waals surface area contributed by atoms with E-state index in [1.165, 1.54) is 6.07 Å². The smallest absolute Gasteiger partial charge is 0.238 e. The molecule has 1 heterocycles. The van der Waals surface area contributed by atoms with Gasteiger partial charge >= 0.3 is 0 Å². The number of likely N-dealkylation sites (tertiary alicyclic amines) is 1. The van der Waals surface area contributed by atoms with Crippen LogP contribution >= 0.6 is 0 Å². The zero-order valence-electron chi connectivity index (χ0n) is 12.1. The van der Waals surface area contributed by atoms with Crippen LogP contribution in [-0.2, 0) is 4.79 Å². The Hall–Kier alpha value is -1.46. The van der Waals surface area contributed by atoms with E-state index in [9.17, 15) is 9.18 Å². The summed E-state index contributed by atoms with van der Waals surface area (Å²) in [6.07, 6.45) is 2.25. The molecule has 0 radical (unpaired) electrons. The molecule has 1 fully saturated rings. The van der Waals surface area contributed by atoms with E-state index in [1.807, 2.05) is 7.05 Å². The Morgan fingerprint density at radius 1 is 1.50 bits per heavy atom. The molecule has 110 valence electrons. The highest BCUT2D eigenvalue weighted by Gasteiger charge is 2.20. The second-order valence-corrected chi connectivity index (χ2v) is 5.38. The van der Waals surface area contributed by atoms with Crippen molar-refractivity contribution in [2.75, 3.05) is 32.0 Å². The van der Waals surface area contributed by atoms with Gasteiger partial charge < -0.3 is 10.6 Å². The summed E-state index contributed by atoms with van der Waals surface area (Å²) in [7, 11) is 1.95. The van der Waals surface area contributed by atoms with E-state index in [0.29, 0.717) is 23.8 Å². The molecule has 2 N–H and O–H groups in total. The predicted octanol–water partition coefficient (Wildman–Crippen LogP) is 1.76. The van der Waals surface area contributed by atoms with Gasteiger partial charge in [-0.1, -0.05) is 6.07 Å². The van der Waals surface area contributed by atoms with Crippen molar-refractivity contribution in [1.29, 1.82) is 0 Å². The zero-order chi connectivity index (χ0) is 14.5. The SMILES string of the molecule is CNC1CCCN(CC(=O)Nc2ccc(C)c(F)c2)C1. The molecule has 0 aromatic heterocycles. The molecule has 1 aliphatic rings. The van der Waals surface area contributed by atoms with Crippen LogP contribution in [0.5, 0.6) is 0 Å². The summed E-state index contributed by atoms with van der Waals surface area (Å²) in [5.74, 6) is -0.388. The van der Waals surface area contributed by atoms with Crippen LogP contribution in [-0.4, -0.2) is 43.5 Å². The second kappa shape index (κ2) is 6.81. The van der Waals surface area contributed by atoms with Crippen LogP contribution < -0.4 is 10.6 Å². The third kappa shape index (κ3) is 4.02. The number of amides is 1. The summed E-state index contributed by atoms with van der Waals surface area (Å²) in [5, 5.41) is 6.00. The first kappa shape index (κ1) is 14.9. The summed E-state index contributed by atoms with van der Waals surface area (Å²) in [6, 6.07) is 5.21. The minimum atomic E-state index is -0.295. The average molecular weight is 279 g/mol. The number of carbonyl (C=O) groups excluding carboxylic acids is 1. The fourth-order valence-corrected chi connectivity index (χ4v) is 2.51. The number of nitrogens with zero attached hydrogens (tertiary/aromatic N) is 1. The van der Waals surface area contributed by atoms with E-state index in [-0.39, 0.29) is 11.7 Å². The van der Waals surface area contributed by atoms with Crippen LogP contribution in [0.2, 0.25) is 0 Å². The van der Waals surface area contributed by atoms with Gasteiger partial charge in [0, 0.05) is 18.3 Å². The van der Waals surface area contributed by atoms with Gasteiger partial charge in [-0.25, -0.2) is 4.39 Å². The molecule has 1 unspecified atom stereocenters. The van der Waals surface area contributed by atoms with Crippen LogP contribution in [0.4, 0.5) is 10.1 Å². The molecule has 1 aliphatic heterocycles. The highest BCUT2D eigenvalue weighted by Crippen LogP contribution is 2.14. The molecule has 4 nitrogen and oxygen atoms in total. The molecule has 1 aromatic carbocycles. The molecule has 1 aromatic rings. The number of nitrogens with one attached hydrogen (secondary N) is 2. The highest BCUT2D eigenvalue weighted by atomic mass is 19.1. The predicted molar refractivity (Wildman–Crippen MR) is 78.3 cm³/mol. The van der Waals surface area contributed by atoms with Gasteiger partial charge in [0.15, 0.2) is 0 Å². The number of hydrogen-bond donors (Lipinski definition) is 2. The fourth-order valence-electron chi connectivity index (χ4n) is 2.51. The number of benzene rings is 1. The van der Waals surface area contributed by atoms with Crippen LogP contribution in [0.25, 0.3) is 0 Å². The molecule has 0 bridgehead atoms. The number of halogens is 1. The van der Waals surface area contributed by atoms with Gasteiger partial charge in [-0.2, -0.15) is 0 Å². The minimum absolute atomic E-state index is 0.0926. The lowest BCUT2D eigenvalue weighted by Gasteiger charge is -2.31. The Morgan fingerprint density at radius 2 is 2.30 bits per heavy atom. The highest BCUT2D eigenvalue weighted by molar-refractivity contribution is 5.92. The number of hydrogen-bond acceptors (Lipinski definition) is 3. The average Bonchev–Trinajstić information content (AvgIpc) is 2.43. The molecule has 1 saturated heterocycles. The van der Waals surface area contributed by atoms with Gasteiger partial charge in [-0.15, -0.1) is 0 Å². The van der Waals surface area contributed by atoms with Crippen molar-refractivity contribution in [2.24, 2.45) is 0 Å². The lowest BCUT2D eigenvalue weighted by Crippen LogP contribution is -2.46. The molecule has 20 heavy (non-hydrogen) atoms. The third-order valence-electron chi connectivity index (χ3n) is 3.74. The Kier molecular flexibility index (Phi) is 5.09. The maximum Gasteiger partial charge on any atom is 0.238 e. The van der Waals surface area contributed by atoms with Crippen molar-refractivity contribution in [2.45, 2.75) is 25.8 Å². The van der Waals surface area contributed by atoms with Crippen molar-refractivity contribution >= 4 is 11.6 Å². The van der Waals surface area contributed by atoms with Crippen molar-refractivity contribution in [3.8, 4) is 0 Å². The summed E-state index contributed by atoms with van der Waals surface area (Å²) >= 11 is 0. The number of rotatable bonds is 4. The van der Waals surface area contributed by atoms with Crippen LogP contribution in [0.15, 0.2) is 18.2 Å². The monoisotopic (exact) mass is 279 g/mol. The van der Waals surface area contributed by atoms with Crippen LogP contribution in [0, 0.1) is 12.7 Å². The number of piperidine rings is 1. The summed E-state index contributed by atoms with van der Waals surface area (Å²) < 4.78 is 13.4. The molecular weight excluding hydrogens is 257 g/mol. The van der Waals surface area contributed by atoms with Crippen molar-refractivity contribution < 1.29 is 9.18 Å². The lowest BCUT2D eigenvalue weighted by atomic mass is 10.1. The maximum atomic E-state index is 13.4. The number of anilines is 1. The van der Waals surface area contributed by atoms with Crippen molar-refractivity contribution in [1.82, 2.24) is 10.2 Å². The first-order valence-corrected chi connectivity index (χ1v) is 7.04. The minimum Gasteiger partial charge on any atom is -0.325 e. The molecule has 0 saturated carbocycles. The van der Waals surface area contributed by atoms with Crippen LogP contribution in [0.1, 0.15) is 18.4 Å². The van der Waals surface area contributed by atoms with E-state index in [1.54, 1.807) is 19.1 Å². The lowest BCUT2D eigenvalue weighted by molar-refractivity contribution is -0.117. The number of aryl methyl sites for hydroxylation is 1. The van der Waals surface area contributed by atoms with E-state index in [2.05, 4.69) is 15.5 Å². The summed E-state index contributed by atoms with van der Waals surface area (Å²) in [6.45, 7) is 3.88. The Morgan fingerprint density at radius 3 is 3.00 bits per heavy atom. The van der Waals surface area contributed by atoms with Gasteiger partial charge in [0.25, 0.3) is 0 Å². The van der Waals surface area contributed by atoms with Crippen LogP contribution in [0.3, 0.4) is 0 Å². The first-order valence-electron chi connectivity index (χ1n) is 7.04. The van der Waals surface area contributed by atoms with E-state index < -0.39 is 0 Å². The quantitative estimate of drug-likeness (QED) is 0.882. The van der Waals surface area contributed by atoms with Gasteiger partial charge in [-0.3, -0.25) is 9.69 Å². The molecule has 0 aliphatic carbocycles.